The molecule has 0 N–H and O–H groups in total. The summed E-state index contributed by atoms with van der Waals surface area (Å²) in [5.74, 6) is 3.64. The summed E-state index contributed by atoms with van der Waals surface area (Å²) >= 11 is 0. The lowest BCUT2D eigenvalue weighted by molar-refractivity contribution is 0.283. The number of allylic oxidation sites excluding steroid dienone is 4. The maximum atomic E-state index is 8.51. The van der Waals surface area contributed by atoms with E-state index in [9.17, 15) is 0 Å². The Labute approximate surface area is 150 Å². The fourth-order valence-corrected chi connectivity index (χ4v) is 4.61. The second-order valence-electron chi connectivity index (χ2n) is 8.20. The lowest BCUT2D eigenvalue weighted by atomic mass is 9.77. The molecule has 0 saturated heterocycles. The minimum absolute atomic E-state index is 0.841. The molecule has 0 unspecified atom stereocenters. The van der Waals surface area contributed by atoms with Crippen LogP contribution >= 0.6 is 0 Å². The normalized spacial score (nSPS) is 31.5. The van der Waals surface area contributed by atoms with Crippen LogP contribution in [-0.2, 0) is 0 Å². The smallest absolute Gasteiger partial charge is 0.0908 e. The van der Waals surface area contributed by atoms with Crippen LogP contribution in [0.5, 0.6) is 0 Å². The molecule has 0 radical (unpaired) electrons. The second-order valence-corrected chi connectivity index (χ2v) is 8.20. The van der Waals surface area contributed by atoms with Gasteiger partial charge in [-0.25, -0.2) is 0 Å². The fourth-order valence-electron chi connectivity index (χ4n) is 4.61. The van der Waals surface area contributed by atoms with E-state index < -0.39 is 0 Å². The van der Waals surface area contributed by atoms with Crippen LogP contribution in [0, 0.1) is 35.0 Å². The van der Waals surface area contributed by atoms with Crippen LogP contribution in [-0.4, -0.2) is 0 Å². The van der Waals surface area contributed by atoms with Gasteiger partial charge in [0.05, 0.1) is 6.07 Å². The van der Waals surface area contributed by atoms with Gasteiger partial charge in [-0.05, 0) is 87.9 Å². The molecule has 24 heavy (non-hydrogen) atoms. The van der Waals surface area contributed by atoms with Crippen LogP contribution in [0.15, 0.2) is 24.3 Å². The van der Waals surface area contributed by atoms with E-state index in [2.05, 4.69) is 25.1 Å². The molecule has 2 rings (SSSR count). The highest BCUT2D eigenvalue weighted by Crippen LogP contribution is 2.35. The first kappa shape index (κ1) is 19.3. The molecule has 1 heteroatoms. The minimum Gasteiger partial charge on any atom is -0.193 e. The van der Waals surface area contributed by atoms with Crippen molar-refractivity contribution in [3.8, 4) is 6.07 Å². The number of hydrogen-bond acceptors (Lipinski definition) is 1. The van der Waals surface area contributed by atoms with Crippen molar-refractivity contribution in [3.63, 3.8) is 0 Å². The van der Waals surface area contributed by atoms with Crippen molar-refractivity contribution < 1.29 is 0 Å². The van der Waals surface area contributed by atoms with E-state index in [-0.39, 0.29) is 0 Å². The Kier molecular flexibility index (Phi) is 9.26. The van der Waals surface area contributed by atoms with Crippen molar-refractivity contribution in [2.75, 3.05) is 0 Å². The first-order valence-corrected chi connectivity index (χ1v) is 10.5. The summed E-state index contributed by atoms with van der Waals surface area (Å²) in [4.78, 5) is 0. The molecule has 0 aliphatic heterocycles. The number of nitriles is 1. The van der Waals surface area contributed by atoms with Crippen molar-refractivity contribution in [1.29, 1.82) is 5.26 Å². The molecule has 2 saturated carbocycles. The van der Waals surface area contributed by atoms with Gasteiger partial charge < -0.3 is 0 Å². The Balaban J connectivity index is 1.59. The van der Waals surface area contributed by atoms with Gasteiger partial charge in [-0.3, -0.25) is 0 Å². The Hall–Kier alpha value is -1.03. The van der Waals surface area contributed by atoms with Crippen molar-refractivity contribution in [1.82, 2.24) is 0 Å². The van der Waals surface area contributed by atoms with Crippen LogP contribution in [0.1, 0.15) is 90.4 Å². The first-order chi connectivity index (χ1) is 11.8. The second kappa shape index (κ2) is 11.5. The summed E-state index contributed by atoms with van der Waals surface area (Å²) in [6.45, 7) is 2.31. The van der Waals surface area contributed by atoms with E-state index in [0.717, 1.165) is 30.1 Å². The molecule has 0 aromatic carbocycles. The molecule has 0 bridgehead atoms. The maximum absolute atomic E-state index is 8.51. The van der Waals surface area contributed by atoms with Crippen LogP contribution in [0.4, 0.5) is 0 Å². The van der Waals surface area contributed by atoms with E-state index >= 15 is 0 Å². The van der Waals surface area contributed by atoms with E-state index in [4.69, 9.17) is 5.26 Å². The summed E-state index contributed by atoms with van der Waals surface area (Å²) in [6, 6.07) is 2.08. The minimum atomic E-state index is 0.841. The van der Waals surface area contributed by atoms with Gasteiger partial charge in [0.2, 0.25) is 0 Å². The van der Waals surface area contributed by atoms with Gasteiger partial charge in [0.25, 0.3) is 0 Å². The molecule has 0 atom stereocenters. The van der Waals surface area contributed by atoms with Crippen LogP contribution in [0.3, 0.4) is 0 Å². The Bertz CT molecular complexity index is 412. The van der Waals surface area contributed by atoms with Gasteiger partial charge in [0.1, 0.15) is 0 Å². The summed E-state index contributed by atoms with van der Waals surface area (Å²) in [7, 11) is 0. The zero-order valence-electron chi connectivity index (χ0n) is 15.8. The standard InChI is InChI=1S/C23H37N/c1-2-3-7-20-9-13-22(14-10-20)17-18-23-15-11-21(12-16-23)8-5-4-6-19-24/h4,6,17-18,20-23H,2-3,5,7-16H2,1H3/b6-4?,18-17+. The number of unbranched alkanes of at least 4 members (excludes halogenated alkanes) is 1. The third kappa shape index (κ3) is 7.25. The Morgan fingerprint density at radius 3 is 1.88 bits per heavy atom. The highest BCUT2D eigenvalue weighted by Gasteiger charge is 2.21. The van der Waals surface area contributed by atoms with Crippen molar-refractivity contribution in [2.24, 2.45) is 23.7 Å². The number of nitrogens with zero attached hydrogens (tertiary/aromatic N) is 1. The maximum Gasteiger partial charge on any atom is 0.0908 e. The predicted molar refractivity (Wildman–Crippen MR) is 104 cm³/mol. The van der Waals surface area contributed by atoms with Gasteiger partial charge in [-0.2, -0.15) is 5.26 Å². The zero-order valence-corrected chi connectivity index (χ0v) is 15.8. The van der Waals surface area contributed by atoms with Gasteiger partial charge >= 0.3 is 0 Å². The predicted octanol–water partition coefficient (Wildman–Crippen LogP) is 7.21. The van der Waals surface area contributed by atoms with Crippen molar-refractivity contribution >= 4 is 0 Å². The van der Waals surface area contributed by atoms with Crippen LogP contribution in [0.25, 0.3) is 0 Å². The summed E-state index contributed by atoms with van der Waals surface area (Å²) in [6.07, 6.45) is 26.8. The van der Waals surface area contributed by atoms with E-state index in [1.165, 1.54) is 77.0 Å². The van der Waals surface area contributed by atoms with Crippen LogP contribution < -0.4 is 0 Å². The van der Waals surface area contributed by atoms with Gasteiger partial charge in [-0.15, -0.1) is 0 Å². The van der Waals surface area contributed by atoms with E-state index in [0.29, 0.717) is 0 Å². The van der Waals surface area contributed by atoms with Crippen molar-refractivity contribution in [2.45, 2.75) is 90.4 Å². The quantitative estimate of drug-likeness (QED) is 0.341. The molecular weight excluding hydrogens is 290 g/mol. The molecule has 2 aliphatic carbocycles. The molecule has 0 heterocycles. The first-order valence-electron chi connectivity index (χ1n) is 10.5. The van der Waals surface area contributed by atoms with Crippen LogP contribution in [0.2, 0.25) is 0 Å². The third-order valence-electron chi connectivity index (χ3n) is 6.34. The third-order valence-corrected chi connectivity index (χ3v) is 6.34. The SMILES string of the molecule is CCCCC1CCC(/C=C/C2CCC(CCC=CC#N)CC2)CC1. The largest absolute Gasteiger partial charge is 0.193 e. The average molecular weight is 328 g/mol. The van der Waals surface area contributed by atoms with E-state index in [1.54, 1.807) is 6.08 Å². The molecule has 0 spiro atoms. The molecule has 134 valence electrons. The highest BCUT2D eigenvalue weighted by molar-refractivity contribution is 5.01. The topological polar surface area (TPSA) is 23.8 Å². The van der Waals surface area contributed by atoms with E-state index in [1.807, 2.05) is 6.08 Å². The lowest BCUT2D eigenvalue weighted by Gasteiger charge is -2.28. The molecule has 1 nitrogen and oxygen atoms in total. The summed E-state index contributed by atoms with van der Waals surface area (Å²) < 4.78 is 0. The van der Waals surface area contributed by atoms with Gasteiger partial charge in [0, 0.05) is 6.08 Å². The number of rotatable bonds is 8. The molecular formula is C23H37N. The van der Waals surface area contributed by atoms with Crippen molar-refractivity contribution in [3.05, 3.63) is 24.3 Å². The van der Waals surface area contributed by atoms with Gasteiger partial charge in [-0.1, -0.05) is 44.4 Å². The summed E-state index contributed by atoms with van der Waals surface area (Å²) in [5.41, 5.74) is 0. The summed E-state index contributed by atoms with van der Waals surface area (Å²) in [5, 5.41) is 8.51. The Morgan fingerprint density at radius 1 is 0.833 bits per heavy atom. The molecule has 2 fully saturated rings. The lowest BCUT2D eigenvalue weighted by Crippen LogP contribution is -2.15. The molecule has 0 aromatic heterocycles. The molecule has 2 aliphatic rings. The monoisotopic (exact) mass is 327 g/mol. The average Bonchev–Trinajstić information content (AvgIpc) is 2.64. The Morgan fingerprint density at radius 2 is 1.38 bits per heavy atom. The molecule has 0 aromatic rings. The number of hydrogen-bond donors (Lipinski definition) is 0. The van der Waals surface area contributed by atoms with Gasteiger partial charge in [0.15, 0.2) is 0 Å². The molecule has 0 amide bonds. The zero-order chi connectivity index (χ0) is 17.0. The fraction of sp³-hybridized carbons (Fsp3) is 0.783. The highest BCUT2D eigenvalue weighted by atomic mass is 14.3.